The molecule has 1 aromatic carbocycles. The molecule has 4 nitrogen and oxygen atoms in total. The van der Waals surface area contributed by atoms with Crippen LogP contribution in [0.5, 0.6) is 0 Å². The molecule has 2 rings (SSSR count). The number of benzene rings is 1. The van der Waals surface area contributed by atoms with Crippen molar-refractivity contribution in [2.75, 3.05) is 0 Å². The van der Waals surface area contributed by atoms with Crippen molar-refractivity contribution < 1.29 is 4.79 Å². The van der Waals surface area contributed by atoms with Gasteiger partial charge in [0.1, 0.15) is 10.7 Å². The van der Waals surface area contributed by atoms with E-state index in [0.717, 1.165) is 0 Å². The van der Waals surface area contributed by atoms with Crippen LogP contribution in [0.25, 0.3) is 11.0 Å². The first-order chi connectivity index (χ1) is 6.68. The summed E-state index contributed by atoms with van der Waals surface area (Å²) < 4.78 is 0. The Morgan fingerprint density at radius 3 is 2.93 bits per heavy atom. The number of carbonyl (C=O) groups is 1. The molecule has 1 amide bonds. The van der Waals surface area contributed by atoms with E-state index in [0.29, 0.717) is 21.7 Å². The second-order valence-electron chi connectivity index (χ2n) is 2.73. The van der Waals surface area contributed by atoms with Crippen LogP contribution in [0.1, 0.15) is 10.4 Å². The maximum Gasteiger partial charge on any atom is 0.250 e. The van der Waals surface area contributed by atoms with Crippen LogP contribution in [0, 0.1) is 0 Å². The first-order valence-corrected chi connectivity index (χ1v) is 4.27. The molecule has 0 fully saturated rings. The van der Waals surface area contributed by atoms with Gasteiger partial charge in [0.25, 0.3) is 5.91 Å². The maximum atomic E-state index is 11.0. The third-order valence-corrected chi connectivity index (χ3v) is 1.99. The second-order valence-corrected chi connectivity index (χ2v) is 3.12. The molecule has 0 atom stereocenters. The summed E-state index contributed by atoms with van der Waals surface area (Å²) in [5, 5.41) is 0.291. The Balaban J connectivity index is 2.81. The van der Waals surface area contributed by atoms with Crippen LogP contribution < -0.4 is 5.73 Å². The molecular weight excluding hydrogens is 202 g/mol. The standard InChI is InChI=1S/C9H6ClN3O/c10-7-4-12-8-5(9(11)14)2-1-3-6(8)13-7/h1-4H,(H2,11,14). The number of rotatable bonds is 1. The predicted octanol–water partition coefficient (Wildman–Crippen LogP) is 1.38. The van der Waals surface area contributed by atoms with Gasteiger partial charge in [0.15, 0.2) is 0 Å². The Hall–Kier alpha value is -1.68. The normalized spacial score (nSPS) is 10.4. The fourth-order valence-corrected chi connectivity index (χ4v) is 1.36. The van der Waals surface area contributed by atoms with E-state index in [9.17, 15) is 4.79 Å². The molecule has 0 saturated heterocycles. The lowest BCUT2D eigenvalue weighted by Gasteiger charge is -2.00. The first-order valence-electron chi connectivity index (χ1n) is 3.89. The monoisotopic (exact) mass is 207 g/mol. The Morgan fingerprint density at radius 1 is 1.43 bits per heavy atom. The van der Waals surface area contributed by atoms with Gasteiger partial charge >= 0.3 is 0 Å². The van der Waals surface area contributed by atoms with Gasteiger partial charge in [-0.05, 0) is 12.1 Å². The Morgan fingerprint density at radius 2 is 2.21 bits per heavy atom. The van der Waals surface area contributed by atoms with Gasteiger partial charge in [-0.1, -0.05) is 17.7 Å². The molecule has 0 unspecified atom stereocenters. The molecule has 5 heteroatoms. The minimum Gasteiger partial charge on any atom is -0.366 e. The van der Waals surface area contributed by atoms with Crippen molar-refractivity contribution in [3.05, 3.63) is 35.1 Å². The van der Waals surface area contributed by atoms with Gasteiger partial charge in [0.05, 0.1) is 17.3 Å². The summed E-state index contributed by atoms with van der Waals surface area (Å²) in [5.41, 5.74) is 6.57. The van der Waals surface area contributed by atoms with Crippen molar-refractivity contribution in [1.29, 1.82) is 0 Å². The molecule has 0 bridgehead atoms. The van der Waals surface area contributed by atoms with Crippen LogP contribution in [-0.4, -0.2) is 15.9 Å². The van der Waals surface area contributed by atoms with E-state index in [2.05, 4.69) is 9.97 Å². The number of aromatic nitrogens is 2. The lowest BCUT2D eigenvalue weighted by molar-refractivity contribution is 0.100. The first kappa shape index (κ1) is 8.90. The van der Waals surface area contributed by atoms with Gasteiger partial charge < -0.3 is 5.73 Å². The molecule has 2 N–H and O–H groups in total. The summed E-state index contributed by atoms with van der Waals surface area (Å²) in [6.07, 6.45) is 1.39. The van der Waals surface area contributed by atoms with Crippen LogP contribution >= 0.6 is 11.6 Å². The number of para-hydroxylation sites is 1. The Labute approximate surface area is 84.7 Å². The van der Waals surface area contributed by atoms with Gasteiger partial charge in [-0.25, -0.2) is 4.98 Å². The van der Waals surface area contributed by atoms with Gasteiger partial charge in [-0.3, -0.25) is 9.78 Å². The molecule has 0 radical (unpaired) electrons. The van der Waals surface area contributed by atoms with E-state index in [1.54, 1.807) is 18.2 Å². The van der Waals surface area contributed by atoms with E-state index in [4.69, 9.17) is 17.3 Å². The molecule has 0 aliphatic carbocycles. The number of nitrogens with zero attached hydrogens (tertiary/aromatic N) is 2. The van der Waals surface area contributed by atoms with Crippen LogP contribution in [0.4, 0.5) is 0 Å². The van der Waals surface area contributed by atoms with Gasteiger partial charge in [0.2, 0.25) is 0 Å². The number of amides is 1. The second kappa shape index (κ2) is 3.23. The molecule has 70 valence electrons. The number of nitrogens with two attached hydrogens (primary N) is 1. The summed E-state index contributed by atoms with van der Waals surface area (Å²) >= 11 is 5.66. The van der Waals surface area contributed by atoms with Crippen molar-refractivity contribution in [2.45, 2.75) is 0 Å². The zero-order chi connectivity index (χ0) is 10.1. The molecule has 0 saturated carbocycles. The number of hydrogen-bond acceptors (Lipinski definition) is 3. The highest BCUT2D eigenvalue weighted by atomic mass is 35.5. The van der Waals surface area contributed by atoms with Crippen molar-refractivity contribution in [1.82, 2.24) is 9.97 Å². The van der Waals surface area contributed by atoms with Crippen molar-refractivity contribution in [3.63, 3.8) is 0 Å². The Bertz CT molecular complexity index is 512. The average Bonchev–Trinajstić information content (AvgIpc) is 2.16. The van der Waals surface area contributed by atoms with E-state index < -0.39 is 5.91 Å². The van der Waals surface area contributed by atoms with Crippen LogP contribution in [-0.2, 0) is 0 Å². The molecule has 2 aromatic rings. The van der Waals surface area contributed by atoms with E-state index >= 15 is 0 Å². The number of hydrogen-bond donors (Lipinski definition) is 1. The Kier molecular flexibility index (Phi) is 2.05. The van der Waals surface area contributed by atoms with Gasteiger partial charge in [-0.15, -0.1) is 0 Å². The third kappa shape index (κ3) is 1.40. The molecule has 1 aromatic heterocycles. The fourth-order valence-electron chi connectivity index (χ4n) is 1.22. The van der Waals surface area contributed by atoms with Crippen LogP contribution in [0.2, 0.25) is 5.15 Å². The fraction of sp³-hybridized carbons (Fsp3) is 0. The summed E-state index contributed by atoms with van der Waals surface area (Å²) in [7, 11) is 0. The van der Waals surface area contributed by atoms with E-state index in [1.807, 2.05) is 0 Å². The zero-order valence-electron chi connectivity index (χ0n) is 7.07. The smallest absolute Gasteiger partial charge is 0.250 e. The highest BCUT2D eigenvalue weighted by Gasteiger charge is 2.07. The third-order valence-electron chi connectivity index (χ3n) is 1.81. The lowest BCUT2D eigenvalue weighted by atomic mass is 10.1. The lowest BCUT2D eigenvalue weighted by Crippen LogP contribution is -2.12. The maximum absolute atomic E-state index is 11.0. The van der Waals surface area contributed by atoms with Gasteiger partial charge in [-0.2, -0.15) is 0 Å². The van der Waals surface area contributed by atoms with Crippen LogP contribution in [0.15, 0.2) is 24.4 Å². The SMILES string of the molecule is NC(=O)c1cccc2nc(Cl)cnc12. The minimum atomic E-state index is -0.521. The number of primary amides is 1. The zero-order valence-corrected chi connectivity index (χ0v) is 7.82. The molecule has 14 heavy (non-hydrogen) atoms. The number of fused-ring (bicyclic) bond motifs is 1. The molecular formula is C9H6ClN3O. The predicted molar refractivity (Wildman–Crippen MR) is 53.1 cm³/mol. The summed E-state index contributed by atoms with van der Waals surface area (Å²) in [4.78, 5) is 19.0. The summed E-state index contributed by atoms with van der Waals surface area (Å²) in [5.74, 6) is -0.521. The summed E-state index contributed by atoms with van der Waals surface area (Å²) in [6.45, 7) is 0. The number of carbonyl (C=O) groups excluding carboxylic acids is 1. The van der Waals surface area contributed by atoms with Crippen molar-refractivity contribution >= 4 is 28.5 Å². The average molecular weight is 208 g/mol. The molecule has 0 aliphatic rings. The minimum absolute atomic E-state index is 0.291. The molecule has 0 spiro atoms. The van der Waals surface area contributed by atoms with Gasteiger partial charge in [0, 0.05) is 0 Å². The molecule has 0 aliphatic heterocycles. The van der Waals surface area contributed by atoms with E-state index in [-0.39, 0.29) is 0 Å². The topological polar surface area (TPSA) is 68.9 Å². The molecule has 1 heterocycles. The highest BCUT2D eigenvalue weighted by molar-refractivity contribution is 6.29. The summed E-state index contributed by atoms with van der Waals surface area (Å²) in [6, 6.07) is 5.02. The van der Waals surface area contributed by atoms with Crippen LogP contribution in [0.3, 0.4) is 0 Å². The largest absolute Gasteiger partial charge is 0.366 e. The van der Waals surface area contributed by atoms with Crippen molar-refractivity contribution in [2.24, 2.45) is 5.73 Å². The van der Waals surface area contributed by atoms with Crippen molar-refractivity contribution in [3.8, 4) is 0 Å². The highest BCUT2D eigenvalue weighted by Crippen LogP contribution is 2.15. The number of halogens is 1. The quantitative estimate of drug-likeness (QED) is 0.768. The van der Waals surface area contributed by atoms with E-state index in [1.165, 1.54) is 6.20 Å².